The van der Waals surface area contributed by atoms with E-state index in [-0.39, 0.29) is 11.7 Å². The van der Waals surface area contributed by atoms with E-state index in [0.29, 0.717) is 12.1 Å². The molecule has 0 aliphatic heterocycles. The van der Waals surface area contributed by atoms with Gasteiger partial charge in [0.15, 0.2) is 0 Å². The Morgan fingerprint density at radius 2 is 2.00 bits per heavy atom. The zero-order chi connectivity index (χ0) is 11.5. The molecular formula is C12H16FNO. The molecule has 1 rings (SSSR count). The molecule has 82 valence electrons. The highest BCUT2D eigenvalue weighted by atomic mass is 19.1. The molecule has 0 spiro atoms. The van der Waals surface area contributed by atoms with E-state index in [2.05, 4.69) is 5.32 Å². The third-order valence-electron chi connectivity index (χ3n) is 2.38. The number of benzene rings is 1. The Morgan fingerprint density at radius 1 is 1.40 bits per heavy atom. The van der Waals surface area contributed by atoms with Gasteiger partial charge in [0.25, 0.3) is 0 Å². The van der Waals surface area contributed by atoms with Gasteiger partial charge in [-0.15, -0.1) is 0 Å². The molecule has 0 radical (unpaired) electrons. The molecule has 3 heteroatoms. The van der Waals surface area contributed by atoms with E-state index in [1.54, 1.807) is 18.2 Å². The van der Waals surface area contributed by atoms with Gasteiger partial charge < -0.3 is 5.32 Å². The fourth-order valence-electron chi connectivity index (χ4n) is 1.45. The molecule has 0 atom stereocenters. The molecule has 0 unspecified atom stereocenters. The number of hydrogen-bond acceptors (Lipinski definition) is 1. The monoisotopic (exact) mass is 209 g/mol. The zero-order valence-corrected chi connectivity index (χ0v) is 9.30. The van der Waals surface area contributed by atoms with E-state index >= 15 is 0 Å². The van der Waals surface area contributed by atoms with Crippen LogP contribution in [0.25, 0.3) is 0 Å². The van der Waals surface area contributed by atoms with E-state index < -0.39 is 5.41 Å². The molecule has 1 N–H and O–H groups in total. The summed E-state index contributed by atoms with van der Waals surface area (Å²) in [5.74, 6) is -0.327. The Kier molecular flexibility index (Phi) is 3.45. The van der Waals surface area contributed by atoms with Crippen LogP contribution in [0, 0.1) is 5.82 Å². The minimum Gasteiger partial charge on any atom is -0.355 e. The molecule has 1 amide bonds. The highest BCUT2D eigenvalue weighted by Crippen LogP contribution is 2.24. The van der Waals surface area contributed by atoms with Gasteiger partial charge in [0.05, 0.1) is 0 Å². The van der Waals surface area contributed by atoms with Gasteiger partial charge in [-0.05, 0) is 11.6 Å². The predicted molar refractivity (Wildman–Crippen MR) is 58.1 cm³/mol. The average Bonchev–Trinajstić information content (AvgIpc) is 2.15. The lowest BCUT2D eigenvalue weighted by molar-refractivity contribution is -0.119. The lowest BCUT2D eigenvalue weighted by atomic mass is 9.84. The Bertz CT molecular complexity index is 360. The maximum absolute atomic E-state index is 13.5. The quantitative estimate of drug-likeness (QED) is 0.812. The molecule has 1 aromatic rings. The summed E-state index contributed by atoms with van der Waals surface area (Å²) in [4.78, 5) is 10.8. The number of carbonyl (C=O) groups excluding carboxylic acids is 1. The number of carbonyl (C=O) groups is 1. The van der Waals surface area contributed by atoms with Crippen LogP contribution in [0.15, 0.2) is 24.3 Å². The van der Waals surface area contributed by atoms with Gasteiger partial charge in [-0.3, -0.25) is 4.79 Å². The maximum atomic E-state index is 13.5. The molecule has 0 saturated heterocycles. The van der Waals surface area contributed by atoms with Crippen molar-refractivity contribution in [3.8, 4) is 0 Å². The van der Waals surface area contributed by atoms with Crippen molar-refractivity contribution in [2.75, 3.05) is 6.54 Å². The molecule has 0 heterocycles. The molecule has 0 fully saturated rings. The van der Waals surface area contributed by atoms with Crippen molar-refractivity contribution in [2.45, 2.75) is 26.2 Å². The van der Waals surface area contributed by atoms with Crippen molar-refractivity contribution in [3.63, 3.8) is 0 Å². The molecular weight excluding hydrogens is 193 g/mol. The van der Waals surface area contributed by atoms with E-state index in [0.717, 1.165) is 0 Å². The van der Waals surface area contributed by atoms with Crippen molar-refractivity contribution < 1.29 is 9.18 Å². The molecule has 0 aromatic heterocycles. The second kappa shape index (κ2) is 4.43. The van der Waals surface area contributed by atoms with Gasteiger partial charge in [-0.2, -0.15) is 0 Å². The number of hydrogen-bond donors (Lipinski definition) is 1. The minimum atomic E-state index is -0.392. The van der Waals surface area contributed by atoms with Crippen molar-refractivity contribution in [1.29, 1.82) is 0 Å². The van der Waals surface area contributed by atoms with Crippen LogP contribution in [0.3, 0.4) is 0 Å². The zero-order valence-electron chi connectivity index (χ0n) is 9.30. The Morgan fingerprint density at radius 3 is 2.53 bits per heavy atom. The fraction of sp³-hybridized carbons (Fsp3) is 0.417. The summed E-state index contributed by atoms with van der Waals surface area (Å²) in [7, 11) is 0. The molecule has 0 aliphatic rings. The summed E-state index contributed by atoms with van der Waals surface area (Å²) >= 11 is 0. The van der Waals surface area contributed by atoms with E-state index in [1.807, 2.05) is 13.8 Å². The molecule has 0 aliphatic carbocycles. The fourth-order valence-corrected chi connectivity index (χ4v) is 1.45. The van der Waals surface area contributed by atoms with Crippen LogP contribution in [-0.4, -0.2) is 12.5 Å². The van der Waals surface area contributed by atoms with Crippen LogP contribution in [0.1, 0.15) is 26.3 Å². The van der Waals surface area contributed by atoms with Crippen LogP contribution in [0.4, 0.5) is 4.39 Å². The van der Waals surface area contributed by atoms with Gasteiger partial charge in [0.1, 0.15) is 5.82 Å². The molecule has 0 bridgehead atoms. The highest BCUT2D eigenvalue weighted by molar-refractivity contribution is 5.72. The second-order valence-corrected chi connectivity index (χ2v) is 4.27. The summed E-state index contributed by atoms with van der Waals surface area (Å²) in [6.45, 7) is 5.70. The number of amides is 1. The first-order valence-corrected chi connectivity index (χ1v) is 4.93. The lowest BCUT2D eigenvalue weighted by Gasteiger charge is -2.25. The van der Waals surface area contributed by atoms with Gasteiger partial charge in [-0.1, -0.05) is 32.0 Å². The summed E-state index contributed by atoms with van der Waals surface area (Å²) in [6, 6.07) is 6.64. The van der Waals surface area contributed by atoms with Crippen LogP contribution in [0.2, 0.25) is 0 Å². The summed E-state index contributed by atoms with van der Waals surface area (Å²) in [5.41, 5.74) is 0.232. The van der Waals surface area contributed by atoms with Gasteiger partial charge in [0, 0.05) is 18.9 Å². The Hall–Kier alpha value is -1.38. The average molecular weight is 209 g/mol. The first kappa shape index (κ1) is 11.7. The normalized spacial score (nSPS) is 11.2. The highest BCUT2D eigenvalue weighted by Gasteiger charge is 2.23. The summed E-state index contributed by atoms with van der Waals surface area (Å²) in [6.07, 6.45) is 0. The lowest BCUT2D eigenvalue weighted by Crippen LogP contribution is -2.36. The minimum absolute atomic E-state index is 0.0978. The van der Waals surface area contributed by atoms with E-state index in [9.17, 15) is 9.18 Å². The van der Waals surface area contributed by atoms with Gasteiger partial charge >= 0.3 is 0 Å². The standard InChI is InChI=1S/C12H16FNO/c1-9(15)14-8-12(2,3)10-6-4-5-7-11(10)13/h4-7H,8H2,1-3H3,(H,14,15). The third kappa shape index (κ3) is 3.05. The Labute approximate surface area is 89.5 Å². The van der Waals surface area contributed by atoms with E-state index in [4.69, 9.17) is 0 Å². The largest absolute Gasteiger partial charge is 0.355 e. The van der Waals surface area contributed by atoms with Crippen LogP contribution in [-0.2, 0) is 10.2 Å². The number of nitrogens with one attached hydrogen (secondary N) is 1. The molecule has 2 nitrogen and oxygen atoms in total. The first-order chi connectivity index (χ1) is 6.93. The predicted octanol–water partition coefficient (Wildman–Crippen LogP) is 2.24. The van der Waals surface area contributed by atoms with Crippen LogP contribution < -0.4 is 5.32 Å². The van der Waals surface area contributed by atoms with Gasteiger partial charge in [-0.25, -0.2) is 4.39 Å². The van der Waals surface area contributed by atoms with Crippen molar-refractivity contribution >= 4 is 5.91 Å². The van der Waals surface area contributed by atoms with Crippen molar-refractivity contribution in [3.05, 3.63) is 35.6 Å². The third-order valence-corrected chi connectivity index (χ3v) is 2.38. The first-order valence-electron chi connectivity index (χ1n) is 4.93. The summed E-state index contributed by atoms with van der Waals surface area (Å²) in [5, 5.41) is 2.71. The Balaban J connectivity index is 2.85. The SMILES string of the molecule is CC(=O)NCC(C)(C)c1ccccc1F. The molecule has 1 aromatic carbocycles. The van der Waals surface area contributed by atoms with Crippen molar-refractivity contribution in [2.24, 2.45) is 0 Å². The topological polar surface area (TPSA) is 29.1 Å². The van der Waals surface area contributed by atoms with E-state index in [1.165, 1.54) is 13.0 Å². The number of rotatable bonds is 3. The van der Waals surface area contributed by atoms with Gasteiger partial charge in [0.2, 0.25) is 5.91 Å². The smallest absolute Gasteiger partial charge is 0.216 e. The second-order valence-electron chi connectivity index (χ2n) is 4.27. The van der Waals surface area contributed by atoms with Crippen molar-refractivity contribution in [1.82, 2.24) is 5.32 Å². The molecule has 15 heavy (non-hydrogen) atoms. The maximum Gasteiger partial charge on any atom is 0.216 e. The van der Waals surface area contributed by atoms with Crippen LogP contribution >= 0.6 is 0 Å². The molecule has 0 saturated carbocycles. The number of halogens is 1. The summed E-state index contributed by atoms with van der Waals surface area (Å²) < 4.78 is 13.5. The van der Waals surface area contributed by atoms with Crippen LogP contribution in [0.5, 0.6) is 0 Å².